The summed E-state index contributed by atoms with van der Waals surface area (Å²) in [7, 11) is -0.505. The molecular weight excluding hydrogens is 587 g/mol. The maximum atomic E-state index is 13.3. The minimum absolute atomic E-state index is 0.390. The summed E-state index contributed by atoms with van der Waals surface area (Å²) in [6, 6.07) is 8.21. The average molecular weight is 631 g/mol. The molecule has 2 aliphatic heterocycles. The highest BCUT2D eigenvalue weighted by atomic mass is 31.2. The van der Waals surface area contributed by atoms with Gasteiger partial charge in [0.2, 0.25) is 11.8 Å². The second-order valence-electron chi connectivity index (χ2n) is 12.2. The Morgan fingerprint density at radius 3 is 2.40 bits per heavy atom. The number of aryl methyl sites for hydroxylation is 1. The summed E-state index contributed by atoms with van der Waals surface area (Å²) in [5.41, 5.74) is 3.76. The van der Waals surface area contributed by atoms with Crippen LogP contribution in [0.3, 0.4) is 0 Å². The monoisotopic (exact) mass is 630 g/mol. The van der Waals surface area contributed by atoms with Gasteiger partial charge >= 0.3 is 0 Å². The number of rotatable bonds is 9. The van der Waals surface area contributed by atoms with Crippen LogP contribution < -0.4 is 25.6 Å². The van der Waals surface area contributed by atoms with Crippen LogP contribution in [0, 0.1) is 6.92 Å². The smallest absolute Gasteiger partial charge is 0.239 e. The van der Waals surface area contributed by atoms with Crippen molar-refractivity contribution < 1.29 is 9.30 Å². The van der Waals surface area contributed by atoms with Crippen molar-refractivity contribution in [1.82, 2.24) is 34.7 Å². The van der Waals surface area contributed by atoms with Crippen LogP contribution in [0.4, 0.5) is 29.0 Å². The van der Waals surface area contributed by atoms with E-state index < -0.39 is 7.14 Å². The van der Waals surface area contributed by atoms with Gasteiger partial charge in [-0.3, -0.25) is 14.9 Å². The number of hydrogen-bond acceptors (Lipinski definition) is 12. The summed E-state index contributed by atoms with van der Waals surface area (Å²) < 4.78 is 19.4. The number of anilines is 5. The van der Waals surface area contributed by atoms with Crippen molar-refractivity contribution in [2.45, 2.75) is 32.7 Å². The number of nitrogens with one attached hydrogen (secondary N) is 2. The highest BCUT2D eigenvalue weighted by Crippen LogP contribution is 2.41. The molecule has 0 amide bonds. The minimum atomic E-state index is -2.71. The van der Waals surface area contributed by atoms with Crippen molar-refractivity contribution in [3.05, 3.63) is 48.4 Å². The molecule has 2 saturated heterocycles. The van der Waals surface area contributed by atoms with Crippen LogP contribution in [0.15, 0.2) is 42.9 Å². The summed E-state index contributed by atoms with van der Waals surface area (Å²) in [4.78, 5) is 30.5. The van der Waals surface area contributed by atoms with E-state index in [4.69, 9.17) is 14.7 Å². The number of likely N-dealkylation sites (N-methyl/N-ethyl adjacent to an activating group) is 1. The fourth-order valence-corrected chi connectivity index (χ4v) is 7.68. The first-order valence-corrected chi connectivity index (χ1v) is 18.3. The van der Waals surface area contributed by atoms with E-state index in [9.17, 15) is 4.57 Å². The zero-order chi connectivity index (χ0) is 31.6. The molecule has 3 aromatic heterocycles. The molecule has 13 heteroatoms. The number of benzene rings is 1. The van der Waals surface area contributed by atoms with E-state index in [-0.39, 0.29) is 0 Å². The number of ether oxygens (including phenoxy) is 1. The molecule has 12 nitrogen and oxygen atoms in total. The largest absolute Gasteiger partial charge is 0.476 e. The maximum absolute atomic E-state index is 13.3. The van der Waals surface area contributed by atoms with Gasteiger partial charge in [0.25, 0.3) is 0 Å². The molecule has 6 rings (SSSR count). The third-order valence-electron chi connectivity index (χ3n) is 8.57. The lowest BCUT2D eigenvalue weighted by atomic mass is 10.0. The summed E-state index contributed by atoms with van der Waals surface area (Å²) in [6.07, 6.45) is 7.20. The summed E-state index contributed by atoms with van der Waals surface area (Å²) >= 11 is 0. The van der Waals surface area contributed by atoms with Gasteiger partial charge < -0.3 is 29.7 Å². The number of aromatic nitrogens is 5. The minimum Gasteiger partial charge on any atom is -0.476 e. The normalized spacial score (nSPS) is 17.0. The first kappa shape index (κ1) is 31.1. The van der Waals surface area contributed by atoms with Gasteiger partial charge in [0.05, 0.1) is 23.1 Å². The van der Waals surface area contributed by atoms with E-state index >= 15 is 0 Å². The van der Waals surface area contributed by atoms with E-state index in [2.05, 4.69) is 60.3 Å². The number of piperidine rings is 1. The molecule has 45 heavy (non-hydrogen) atoms. The molecule has 0 unspecified atom stereocenters. The van der Waals surface area contributed by atoms with Gasteiger partial charge in [-0.2, -0.15) is 9.97 Å². The Hall–Kier alpha value is -3.86. The number of hydrogen-bond donors (Lipinski definition) is 2. The van der Waals surface area contributed by atoms with E-state index in [0.29, 0.717) is 58.0 Å². The zero-order valence-electron chi connectivity index (χ0n) is 26.8. The van der Waals surface area contributed by atoms with E-state index in [1.165, 1.54) is 0 Å². The fourth-order valence-electron chi connectivity index (χ4n) is 6.29. The van der Waals surface area contributed by atoms with Crippen molar-refractivity contribution in [2.75, 3.05) is 81.8 Å². The Bertz CT molecular complexity index is 1700. The molecule has 2 N–H and O–H groups in total. The Morgan fingerprint density at radius 2 is 1.67 bits per heavy atom. The van der Waals surface area contributed by atoms with Crippen LogP contribution in [0.5, 0.6) is 5.88 Å². The van der Waals surface area contributed by atoms with Gasteiger partial charge in [-0.25, -0.2) is 4.98 Å². The van der Waals surface area contributed by atoms with Crippen molar-refractivity contribution in [3.8, 4) is 5.88 Å². The molecule has 1 aromatic carbocycles. The predicted octanol–water partition coefficient (Wildman–Crippen LogP) is 4.47. The van der Waals surface area contributed by atoms with Gasteiger partial charge in [0.1, 0.15) is 30.0 Å². The lowest BCUT2D eigenvalue weighted by Crippen LogP contribution is -2.52. The third kappa shape index (κ3) is 7.03. The van der Waals surface area contributed by atoms with Crippen LogP contribution in [-0.2, 0) is 4.57 Å². The van der Waals surface area contributed by atoms with Crippen molar-refractivity contribution in [1.29, 1.82) is 0 Å². The first-order chi connectivity index (χ1) is 21.7. The Balaban J connectivity index is 1.20. The molecular formula is C32H43N10O2P. The summed E-state index contributed by atoms with van der Waals surface area (Å²) in [5.74, 6) is 2.43. The number of pyridine rings is 1. The van der Waals surface area contributed by atoms with Crippen LogP contribution in [0.2, 0.25) is 0 Å². The zero-order valence-corrected chi connectivity index (χ0v) is 27.7. The standard InChI is InChI=1S/C32H43N10O2P/c1-6-44-31-26(21-22(2)30(39-31)42-15-10-23(11-16-42)41-19-17-40(3)18-20-41)37-32-35-12-9-27(38-32)36-25-8-7-24-28(34-14-13-33-24)29(25)45(4,5)43/h7-9,12-14,21,23H,6,10-11,15-20H2,1-5H3,(H2,35,36,37,38). The summed E-state index contributed by atoms with van der Waals surface area (Å²) in [6.45, 7) is 14.6. The van der Waals surface area contributed by atoms with Crippen molar-refractivity contribution >= 4 is 52.4 Å². The van der Waals surface area contributed by atoms with Crippen molar-refractivity contribution in [3.63, 3.8) is 0 Å². The van der Waals surface area contributed by atoms with Gasteiger partial charge in [-0.05, 0) is 76.9 Å². The lowest BCUT2D eigenvalue weighted by Gasteiger charge is -2.42. The van der Waals surface area contributed by atoms with Gasteiger partial charge in [0, 0.05) is 63.9 Å². The number of fused-ring (bicyclic) bond motifs is 1. The molecule has 2 aliphatic rings. The highest BCUT2D eigenvalue weighted by Gasteiger charge is 2.28. The SMILES string of the molecule is CCOc1nc(N2CCC(N3CCN(C)CC3)CC2)c(C)cc1Nc1nccc(Nc2ccc3nccnc3c2P(C)(C)=O)n1. The topological polar surface area (TPSA) is 125 Å². The van der Waals surface area contributed by atoms with E-state index in [1.54, 1.807) is 38.0 Å². The third-order valence-corrected chi connectivity index (χ3v) is 10.1. The molecule has 4 aromatic rings. The maximum Gasteiger partial charge on any atom is 0.239 e. The van der Waals surface area contributed by atoms with Crippen LogP contribution in [0.1, 0.15) is 25.3 Å². The second-order valence-corrected chi connectivity index (χ2v) is 15.4. The molecule has 0 spiro atoms. The average Bonchev–Trinajstić information content (AvgIpc) is 3.02. The Labute approximate surface area is 265 Å². The van der Waals surface area contributed by atoms with Gasteiger partial charge in [0.15, 0.2) is 0 Å². The first-order valence-electron chi connectivity index (χ1n) is 15.7. The van der Waals surface area contributed by atoms with Gasteiger partial charge in [-0.1, -0.05) is 0 Å². The Kier molecular flexibility index (Phi) is 9.16. The molecule has 238 valence electrons. The molecule has 0 bridgehead atoms. The van der Waals surface area contributed by atoms with Gasteiger partial charge in [-0.15, -0.1) is 0 Å². The van der Waals surface area contributed by atoms with Crippen LogP contribution in [0.25, 0.3) is 11.0 Å². The molecule has 0 aliphatic carbocycles. The Morgan fingerprint density at radius 1 is 0.911 bits per heavy atom. The molecule has 5 heterocycles. The molecule has 0 radical (unpaired) electrons. The van der Waals surface area contributed by atoms with Crippen molar-refractivity contribution in [2.24, 2.45) is 0 Å². The fraction of sp³-hybridized carbons (Fsp3) is 0.469. The van der Waals surface area contributed by atoms with E-state index in [0.717, 1.165) is 63.5 Å². The lowest BCUT2D eigenvalue weighted by molar-refractivity contribution is 0.0981. The quantitative estimate of drug-likeness (QED) is 0.254. The van der Waals surface area contributed by atoms with Crippen LogP contribution >= 0.6 is 7.14 Å². The van der Waals surface area contributed by atoms with E-state index in [1.807, 2.05) is 19.1 Å². The molecule has 0 atom stereocenters. The molecule has 0 saturated carbocycles. The van der Waals surface area contributed by atoms with Crippen LogP contribution in [-0.4, -0.2) is 107 Å². The number of nitrogens with zero attached hydrogens (tertiary/aromatic N) is 8. The predicted molar refractivity (Wildman–Crippen MR) is 182 cm³/mol. The number of piperazine rings is 1. The molecule has 2 fully saturated rings. The highest BCUT2D eigenvalue weighted by molar-refractivity contribution is 7.71. The second kappa shape index (κ2) is 13.2. The summed E-state index contributed by atoms with van der Waals surface area (Å²) in [5, 5.41) is 7.31.